The second kappa shape index (κ2) is 4.63. The first-order chi connectivity index (χ1) is 13.0. The largest absolute Gasteiger partial charge is 0.370 e. The van der Waals surface area contributed by atoms with Gasteiger partial charge in [-0.2, -0.15) is 0 Å². The van der Waals surface area contributed by atoms with Crippen LogP contribution >= 0.6 is 0 Å². The van der Waals surface area contributed by atoms with Gasteiger partial charge in [-0.15, -0.1) is 0 Å². The molecule has 140 valence electrons. The minimum Gasteiger partial charge on any atom is -0.370 e. The number of nitrogens with zero attached hydrogens (tertiary/aromatic N) is 4. The molecule has 5 aliphatic rings. The molecule has 0 saturated carbocycles. The number of nitrogens with two attached hydrogens (primary N) is 3. The highest BCUT2D eigenvalue weighted by atomic mass is 16.2. The number of amides is 1. The number of carbonyl (C=O) groups excluding carboxylic acids is 1. The van der Waals surface area contributed by atoms with E-state index in [-0.39, 0.29) is 35.9 Å². The summed E-state index contributed by atoms with van der Waals surface area (Å²) in [4.78, 5) is 24.6. The molecule has 6 atom stereocenters. The lowest BCUT2D eigenvalue weighted by atomic mass is 9.68. The summed E-state index contributed by atoms with van der Waals surface area (Å²) in [5.41, 5.74) is 19.0. The van der Waals surface area contributed by atoms with Crippen LogP contribution in [0, 0.1) is 17.8 Å². The molecule has 0 aromatic carbocycles. The van der Waals surface area contributed by atoms with E-state index in [0.29, 0.717) is 30.7 Å². The van der Waals surface area contributed by atoms with E-state index in [1.165, 1.54) is 0 Å². The summed E-state index contributed by atoms with van der Waals surface area (Å²) in [7, 11) is 0. The number of rotatable bonds is 1. The quantitative estimate of drug-likeness (QED) is 0.389. The van der Waals surface area contributed by atoms with Gasteiger partial charge in [-0.1, -0.05) is 6.08 Å². The highest BCUT2D eigenvalue weighted by molar-refractivity contribution is 5.96. The monoisotopic (exact) mass is 367 g/mol. The molecule has 1 aromatic heterocycles. The number of aromatic nitrogens is 1. The molecule has 1 fully saturated rings. The van der Waals surface area contributed by atoms with Crippen LogP contribution in [0.1, 0.15) is 16.7 Å². The van der Waals surface area contributed by atoms with Crippen LogP contribution in [-0.4, -0.2) is 52.1 Å². The Morgan fingerprint density at radius 2 is 2.15 bits per heavy atom. The Hall–Kier alpha value is -3.01. The molecule has 1 saturated heterocycles. The summed E-state index contributed by atoms with van der Waals surface area (Å²) in [6.07, 6.45) is 3.67. The molecule has 0 bridgehead atoms. The van der Waals surface area contributed by atoms with E-state index >= 15 is 0 Å². The van der Waals surface area contributed by atoms with E-state index in [4.69, 9.17) is 17.2 Å². The maximum Gasteiger partial charge on any atom is 0.272 e. The van der Waals surface area contributed by atoms with Gasteiger partial charge in [-0.3, -0.25) is 4.79 Å². The molecule has 8 N–H and O–H groups in total. The van der Waals surface area contributed by atoms with Crippen LogP contribution in [0.3, 0.4) is 0 Å². The molecule has 0 radical (unpaired) electrons. The van der Waals surface area contributed by atoms with Gasteiger partial charge in [0.15, 0.2) is 23.7 Å². The van der Waals surface area contributed by atoms with E-state index in [9.17, 15) is 4.79 Å². The van der Waals surface area contributed by atoms with Crippen LogP contribution in [0.15, 0.2) is 40.1 Å². The highest BCUT2D eigenvalue weighted by Gasteiger charge is 2.69. The summed E-state index contributed by atoms with van der Waals surface area (Å²) < 4.78 is 1.92. The highest BCUT2D eigenvalue weighted by Crippen LogP contribution is 2.56. The van der Waals surface area contributed by atoms with E-state index in [1.807, 2.05) is 27.8 Å². The topological polar surface area (TPSA) is 152 Å². The van der Waals surface area contributed by atoms with Gasteiger partial charge in [0.2, 0.25) is 0 Å². The smallest absolute Gasteiger partial charge is 0.272 e. The third-order valence-electron chi connectivity index (χ3n) is 6.72. The van der Waals surface area contributed by atoms with Crippen LogP contribution in [0.5, 0.6) is 0 Å². The molecule has 4 aliphatic heterocycles. The lowest BCUT2D eigenvalue weighted by Gasteiger charge is -2.48. The van der Waals surface area contributed by atoms with Crippen molar-refractivity contribution in [2.75, 3.05) is 13.1 Å². The first-order valence-electron chi connectivity index (χ1n) is 9.17. The Kier molecular flexibility index (Phi) is 2.59. The minimum atomic E-state index is -0.773. The van der Waals surface area contributed by atoms with Crippen LogP contribution in [0.25, 0.3) is 0 Å². The third-order valence-corrected chi connectivity index (χ3v) is 6.72. The summed E-state index contributed by atoms with van der Waals surface area (Å²) >= 11 is 0. The fourth-order valence-corrected chi connectivity index (χ4v) is 5.79. The molecule has 1 aliphatic carbocycles. The normalized spacial score (nSPS) is 40.6. The molecule has 6 unspecified atom stereocenters. The first-order valence-corrected chi connectivity index (χ1v) is 9.17. The second-order valence-electron chi connectivity index (χ2n) is 7.85. The predicted molar refractivity (Wildman–Crippen MR) is 98.1 cm³/mol. The predicted octanol–water partition coefficient (Wildman–Crippen LogP) is -1.94. The van der Waals surface area contributed by atoms with Gasteiger partial charge >= 0.3 is 0 Å². The first kappa shape index (κ1) is 15.1. The zero-order valence-electron chi connectivity index (χ0n) is 14.5. The third kappa shape index (κ3) is 1.58. The van der Waals surface area contributed by atoms with Gasteiger partial charge in [0.1, 0.15) is 11.7 Å². The van der Waals surface area contributed by atoms with Crippen molar-refractivity contribution in [1.29, 1.82) is 0 Å². The molecule has 5 heterocycles. The van der Waals surface area contributed by atoms with Crippen LogP contribution in [-0.2, 0) is 0 Å². The van der Waals surface area contributed by atoms with Crippen LogP contribution < -0.4 is 27.8 Å². The zero-order valence-corrected chi connectivity index (χ0v) is 14.5. The fraction of sp³-hybridized carbons (Fsp3) is 0.471. The van der Waals surface area contributed by atoms with Crippen molar-refractivity contribution in [2.45, 2.75) is 17.9 Å². The Bertz CT molecular complexity index is 961. The maximum atomic E-state index is 13.3. The Labute approximate surface area is 155 Å². The number of hydrogen-bond donors (Lipinski definition) is 5. The van der Waals surface area contributed by atoms with Gasteiger partial charge in [0.05, 0.1) is 0 Å². The van der Waals surface area contributed by atoms with Crippen molar-refractivity contribution in [2.24, 2.45) is 44.9 Å². The second-order valence-corrected chi connectivity index (χ2v) is 7.85. The summed E-state index contributed by atoms with van der Waals surface area (Å²) in [5, 5.41) is 6.54. The Morgan fingerprint density at radius 3 is 2.96 bits per heavy atom. The lowest BCUT2D eigenvalue weighted by Crippen LogP contribution is -2.68. The number of carbonyl (C=O) groups is 1. The summed E-state index contributed by atoms with van der Waals surface area (Å²) in [6, 6.07) is 3.52. The van der Waals surface area contributed by atoms with Gasteiger partial charge in [0, 0.05) is 24.4 Å². The number of fused-ring (bicyclic) bond motifs is 5. The van der Waals surface area contributed by atoms with E-state index < -0.39 is 5.66 Å². The number of aliphatic imine (C=N–C) groups is 2. The number of nitrogens with one attached hydrogen (secondary N) is 2. The molecule has 27 heavy (non-hydrogen) atoms. The van der Waals surface area contributed by atoms with Crippen molar-refractivity contribution in [1.82, 2.24) is 20.1 Å². The standard InChI is InChI=1S/C17H21N9O/c18-5-7-4-9-12(22-15(19)21-9)11-8(7)6-26-13(27)10-2-1-3-25(10)14-17(11,26)24-16(20)23-14/h1-4,7-8,11-12,14H,5-6,18H2,(H3,19,21,22)(H3,20,23,24). The maximum absolute atomic E-state index is 13.3. The average molecular weight is 367 g/mol. The zero-order chi connectivity index (χ0) is 18.5. The van der Waals surface area contributed by atoms with Crippen molar-refractivity contribution >= 4 is 17.8 Å². The van der Waals surface area contributed by atoms with E-state index in [2.05, 4.69) is 26.7 Å². The van der Waals surface area contributed by atoms with Crippen molar-refractivity contribution in [3.05, 3.63) is 35.8 Å². The van der Waals surface area contributed by atoms with Gasteiger partial charge in [-0.05, 0) is 30.5 Å². The molecule has 1 amide bonds. The SMILES string of the molecule is NCC1C=C2NC(N)=NC2C2C1CN1C(=O)c3cccn3C3N=C(N)NC231. The minimum absolute atomic E-state index is 0.0247. The number of hydrogen-bond acceptors (Lipinski definition) is 8. The molecular weight excluding hydrogens is 346 g/mol. The number of guanidine groups is 2. The van der Waals surface area contributed by atoms with Crippen molar-refractivity contribution in [3.63, 3.8) is 0 Å². The van der Waals surface area contributed by atoms with Gasteiger partial charge < -0.3 is 37.3 Å². The molecule has 10 heteroatoms. The average Bonchev–Trinajstić information content (AvgIpc) is 3.37. The van der Waals surface area contributed by atoms with Gasteiger partial charge in [-0.25, -0.2) is 9.98 Å². The van der Waals surface area contributed by atoms with Crippen molar-refractivity contribution < 1.29 is 4.79 Å². The fourth-order valence-electron chi connectivity index (χ4n) is 5.79. The van der Waals surface area contributed by atoms with E-state index in [1.54, 1.807) is 0 Å². The Balaban J connectivity index is 1.58. The van der Waals surface area contributed by atoms with Crippen LogP contribution in [0.2, 0.25) is 0 Å². The van der Waals surface area contributed by atoms with E-state index in [0.717, 1.165) is 5.70 Å². The van der Waals surface area contributed by atoms with Gasteiger partial charge in [0.25, 0.3) is 5.91 Å². The summed E-state index contributed by atoms with van der Waals surface area (Å²) in [6.45, 7) is 1.07. The molecular formula is C17H21N9O. The lowest BCUT2D eigenvalue weighted by molar-refractivity contribution is 0.0119. The Morgan fingerprint density at radius 1 is 1.30 bits per heavy atom. The summed E-state index contributed by atoms with van der Waals surface area (Å²) in [5.74, 6) is 0.918. The molecule has 1 aromatic rings. The molecule has 10 nitrogen and oxygen atoms in total. The molecule has 6 rings (SSSR count). The van der Waals surface area contributed by atoms with Crippen molar-refractivity contribution in [3.8, 4) is 0 Å². The van der Waals surface area contributed by atoms with Crippen LogP contribution in [0.4, 0.5) is 0 Å². The molecule has 1 spiro atoms.